The Labute approximate surface area is 141 Å². The fourth-order valence-corrected chi connectivity index (χ4v) is 4.37. The van der Waals surface area contributed by atoms with Gasteiger partial charge in [0.1, 0.15) is 0 Å². The Kier molecular flexibility index (Phi) is 4.86. The predicted octanol–water partition coefficient (Wildman–Crippen LogP) is 4.31. The van der Waals surface area contributed by atoms with Crippen LogP contribution in [-0.2, 0) is 6.42 Å². The highest BCUT2D eigenvalue weighted by molar-refractivity contribution is 5.49. The summed E-state index contributed by atoms with van der Waals surface area (Å²) in [6, 6.07) is 4.97. The molecule has 3 heteroatoms. The van der Waals surface area contributed by atoms with Crippen molar-refractivity contribution in [2.45, 2.75) is 46.1 Å². The molecule has 0 aliphatic carbocycles. The maximum atomic E-state index is 5.53. The average Bonchev–Trinajstić information content (AvgIpc) is 2.58. The van der Waals surface area contributed by atoms with E-state index in [0.29, 0.717) is 6.04 Å². The number of methoxy groups -OCH3 is 2. The van der Waals surface area contributed by atoms with Crippen LogP contribution in [0, 0.1) is 17.8 Å². The molecule has 1 aromatic rings. The molecule has 0 unspecified atom stereocenters. The number of fused-ring (bicyclic) bond motifs is 3. The summed E-state index contributed by atoms with van der Waals surface area (Å²) in [5, 5.41) is 0. The number of benzene rings is 1. The second-order valence-corrected chi connectivity index (χ2v) is 7.61. The maximum Gasteiger partial charge on any atom is 0.161 e. The van der Waals surface area contributed by atoms with Crippen LogP contribution in [0.15, 0.2) is 12.1 Å². The normalized spacial score (nSPS) is 25.7. The number of rotatable bonds is 4. The average molecular weight is 317 g/mol. The molecular formula is C20H31NO2. The predicted molar refractivity (Wildman–Crippen MR) is 94.3 cm³/mol. The van der Waals surface area contributed by atoms with Gasteiger partial charge in [0, 0.05) is 19.1 Å². The standard InChI is InChI=1S/C20H31NO2/c1-13(2)14(3)16-6-7-18-17-11-20(23-5)19(22-4)10-15(17)8-9-21(18)12-16/h10-11,13-14,16,18H,6-9,12H2,1-5H3/t14-,16+,18-/m1/s1. The first-order valence-electron chi connectivity index (χ1n) is 9.04. The van der Waals surface area contributed by atoms with Crippen molar-refractivity contribution in [3.8, 4) is 11.5 Å². The van der Waals surface area contributed by atoms with E-state index in [2.05, 4.69) is 37.8 Å². The molecule has 128 valence electrons. The van der Waals surface area contributed by atoms with Gasteiger partial charge in [-0.25, -0.2) is 0 Å². The summed E-state index contributed by atoms with van der Waals surface area (Å²) < 4.78 is 11.0. The van der Waals surface area contributed by atoms with Crippen molar-refractivity contribution in [2.24, 2.45) is 17.8 Å². The van der Waals surface area contributed by atoms with Crippen LogP contribution >= 0.6 is 0 Å². The van der Waals surface area contributed by atoms with E-state index < -0.39 is 0 Å². The lowest BCUT2D eigenvalue weighted by Crippen LogP contribution is -2.44. The van der Waals surface area contributed by atoms with Crippen molar-refractivity contribution in [2.75, 3.05) is 27.3 Å². The minimum atomic E-state index is 0.564. The third-order valence-corrected chi connectivity index (χ3v) is 6.19. The fraction of sp³-hybridized carbons (Fsp3) is 0.700. The Morgan fingerprint density at radius 1 is 1.04 bits per heavy atom. The molecule has 0 bridgehead atoms. The molecule has 23 heavy (non-hydrogen) atoms. The van der Waals surface area contributed by atoms with Crippen molar-refractivity contribution in [3.05, 3.63) is 23.3 Å². The molecular weight excluding hydrogens is 286 g/mol. The molecule has 0 radical (unpaired) electrons. The topological polar surface area (TPSA) is 21.7 Å². The molecule has 0 N–H and O–H groups in total. The lowest BCUT2D eigenvalue weighted by atomic mass is 9.76. The van der Waals surface area contributed by atoms with Crippen LogP contribution in [0.4, 0.5) is 0 Å². The highest BCUT2D eigenvalue weighted by Crippen LogP contribution is 2.44. The monoisotopic (exact) mass is 317 g/mol. The summed E-state index contributed by atoms with van der Waals surface area (Å²) in [6.07, 6.45) is 3.73. The van der Waals surface area contributed by atoms with Crippen LogP contribution in [0.3, 0.4) is 0 Å². The lowest BCUT2D eigenvalue weighted by molar-refractivity contribution is 0.0646. The largest absolute Gasteiger partial charge is 0.493 e. The zero-order valence-corrected chi connectivity index (χ0v) is 15.3. The van der Waals surface area contributed by atoms with Gasteiger partial charge in [-0.1, -0.05) is 20.8 Å². The first-order chi connectivity index (χ1) is 11.0. The molecule has 1 fully saturated rings. The number of hydrogen-bond donors (Lipinski definition) is 0. The molecule has 1 aromatic carbocycles. The Balaban J connectivity index is 1.83. The molecule has 3 atom stereocenters. The van der Waals surface area contributed by atoms with Gasteiger partial charge in [-0.15, -0.1) is 0 Å². The summed E-state index contributed by atoms with van der Waals surface area (Å²) in [5.41, 5.74) is 2.91. The van der Waals surface area contributed by atoms with E-state index in [0.717, 1.165) is 35.7 Å². The first-order valence-corrected chi connectivity index (χ1v) is 9.04. The van der Waals surface area contributed by atoms with Gasteiger partial charge in [0.05, 0.1) is 14.2 Å². The molecule has 0 spiro atoms. The quantitative estimate of drug-likeness (QED) is 0.826. The van der Waals surface area contributed by atoms with E-state index in [4.69, 9.17) is 9.47 Å². The van der Waals surface area contributed by atoms with E-state index in [1.54, 1.807) is 14.2 Å². The lowest BCUT2D eigenvalue weighted by Gasteiger charge is -2.45. The van der Waals surface area contributed by atoms with Gasteiger partial charge in [-0.3, -0.25) is 4.90 Å². The Hall–Kier alpha value is -1.22. The van der Waals surface area contributed by atoms with Crippen LogP contribution in [-0.4, -0.2) is 32.2 Å². The van der Waals surface area contributed by atoms with Crippen molar-refractivity contribution in [3.63, 3.8) is 0 Å². The summed E-state index contributed by atoms with van der Waals surface area (Å²) >= 11 is 0. The minimum Gasteiger partial charge on any atom is -0.493 e. The molecule has 1 saturated heterocycles. The Bertz CT molecular complexity index is 555. The van der Waals surface area contributed by atoms with Crippen LogP contribution < -0.4 is 9.47 Å². The van der Waals surface area contributed by atoms with E-state index in [1.807, 2.05) is 0 Å². The van der Waals surface area contributed by atoms with Crippen LogP contribution in [0.2, 0.25) is 0 Å². The van der Waals surface area contributed by atoms with Gasteiger partial charge in [0.15, 0.2) is 11.5 Å². The molecule has 3 rings (SSSR count). The van der Waals surface area contributed by atoms with Crippen LogP contribution in [0.25, 0.3) is 0 Å². The second kappa shape index (κ2) is 6.72. The number of ether oxygens (including phenoxy) is 2. The zero-order chi connectivity index (χ0) is 16.6. The molecule has 0 saturated carbocycles. The van der Waals surface area contributed by atoms with E-state index in [1.165, 1.54) is 37.1 Å². The van der Waals surface area contributed by atoms with Crippen molar-refractivity contribution in [1.82, 2.24) is 4.90 Å². The first kappa shape index (κ1) is 16.6. The fourth-order valence-electron chi connectivity index (χ4n) is 4.37. The second-order valence-electron chi connectivity index (χ2n) is 7.61. The van der Waals surface area contributed by atoms with Crippen LogP contribution in [0.1, 0.15) is 50.8 Å². The van der Waals surface area contributed by atoms with E-state index in [-0.39, 0.29) is 0 Å². The number of nitrogens with zero attached hydrogens (tertiary/aromatic N) is 1. The van der Waals surface area contributed by atoms with Gasteiger partial charge < -0.3 is 9.47 Å². The SMILES string of the molecule is COc1cc2c(cc1OC)[C@H]1CC[C@H]([C@H](C)C(C)C)CN1CC2. The highest BCUT2D eigenvalue weighted by Gasteiger charge is 2.36. The summed E-state index contributed by atoms with van der Waals surface area (Å²) in [6.45, 7) is 9.58. The third kappa shape index (κ3) is 3.08. The molecule has 0 amide bonds. The van der Waals surface area contributed by atoms with Gasteiger partial charge in [-0.05, 0) is 60.3 Å². The molecule has 2 aliphatic rings. The summed E-state index contributed by atoms with van der Waals surface area (Å²) in [5.74, 6) is 4.15. The smallest absolute Gasteiger partial charge is 0.161 e. The Morgan fingerprint density at radius 3 is 2.39 bits per heavy atom. The van der Waals surface area contributed by atoms with E-state index in [9.17, 15) is 0 Å². The van der Waals surface area contributed by atoms with Gasteiger partial charge in [0.2, 0.25) is 0 Å². The number of hydrogen-bond acceptors (Lipinski definition) is 3. The Morgan fingerprint density at radius 2 is 1.74 bits per heavy atom. The van der Waals surface area contributed by atoms with Gasteiger partial charge in [0.25, 0.3) is 0 Å². The maximum absolute atomic E-state index is 5.53. The van der Waals surface area contributed by atoms with Gasteiger partial charge in [-0.2, -0.15) is 0 Å². The summed E-state index contributed by atoms with van der Waals surface area (Å²) in [7, 11) is 3.45. The molecule has 3 nitrogen and oxygen atoms in total. The van der Waals surface area contributed by atoms with E-state index >= 15 is 0 Å². The molecule has 0 aromatic heterocycles. The van der Waals surface area contributed by atoms with Gasteiger partial charge >= 0.3 is 0 Å². The highest BCUT2D eigenvalue weighted by atomic mass is 16.5. The summed E-state index contributed by atoms with van der Waals surface area (Å²) in [4.78, 5) is 2.71. The number of piperidine rings is 1. The van der Waals surface area contributed by atoms with Crippen molar-refractivity contribution >= 4 is 0 Å². The minimum absolute atomic E-state index is 0.564. The van der Waals surface area contributed by atoms with Crippen molar-refractivity contribution < 1.29 is 9.47 Å². The van der Waals surface area contributed by atoms with Crippen molar-refractivity contribution in [1.29, 1.82) is 0 Å². The zero-order valence-electron chi connectivity index (χ0n) is 15.3. The molecule has 2 aliphatic heterocycles. The third-order valence-electron chi connectivity index (χ3n) is 6.19. The van der Waals surface area contributed by atoms with Crippen LogP contribution in [0.5, 0.6) is 11.5 Å². The molecule has 2 heterocycles.